The summed E-state index contributed by atoms with van der Waals surface area (Å²) in [4.78, 5) is 5.22. The van der Waals surface area contributed by atoms with Crippen molar-refractivity contribution in [3.63, 3.8) is 0 Å². The molecule has 0 unspecified atom stereocenters. The summed E-state index contributed by atoms with van der Waals surface area (Å²) in [6, 6.07) is 0.693. The van der Waals surface area contributed by atoms with Crippen LogP contribution in [0.3, 0.4) is 0 Å². The first-order valence-electron chi connectivity index (χ1n) is 5.96. The molecule has 0 atom stereocenters. The van der Waals surface area contributed by atoms with Crippen molar-refractivity contribution in [3.05, 3.63) is 0 Å². The average Bonchev–Trinajstić information content (AvgIpc) is 2.08. The highest BCUT2D eigenvalue weighted by atomic mass is 15.3. The lowest BCUT2D eigenvalue weighted by Crippen LogP contribution is -2.60. The Morgan fingerprint density at radius 1 is 1.21 bits per heavy atom. The zero-order chi connectivity index (χ0) is 10.8. The van der Waals surface area contributed by atoms with Crippen molar-refractivity contribution < 1.29 is 0 Å². The fraction of sp³-hybridized carbons (Fsp3) is 1.00. The minimum Gasteiger partial charge on any atom is -0.298 e. The summed E-state index contributed by atoms with van der Waals surface area (Å²) in [5.74, 6) is 0. The molecule has 1 aliphatic rings. The molecule has 14 heavy (non-hydrogen) atoms. The van der Waals surface area contributed by atoms with Crippen LogP contribution in [0, 0.1) is 0 Å². The minimum absolute atomic E-state index is 0.360. The van der Waals surface area contributed by atoms with Crippen LogP contribution in [-0.2, 0) is 0 Å². The van der Waals surface area contributed by atoms with E-state index in [-0.39, 0.29) is 0 Å². The Morgan fingerprint density at radius 3 is 2.29 bits per heavy atom. The number of hydrogen-bond acceptors (Lipinski definition) is 2. The van der Waals surface area contributed by atoms with Gasteiger partial charge in [0.2, 0.25) is 0 Å². The maximum absolute atomic E-state index is 2.63. The highest BCUT2D eigenvalue weighted by molar-refractivity contribution is 4.90. The summed E-state index contributed by atoms with van der Waals surface area (Å²) in [5, 5.41) is 0. The molecule has 2 nitrogen and oxygen atoms in total. The topological polar surface area (TPSA) is 6.48 Å². The van der Waals surface area contributed by atoms with Crippen molar-refractivity contribution in [2.24, 2.45) is 0 Å². The minimum atomic E-state index is 0.360. The van der Waals surface area contributed by atoms with Crippen LogP contribution in [0.1, 0.15) is 41.0 Å². The molecular weight excluding hydrogens is 172 g/mol. The second-order valence-corrected chi connectivity index (χ2v) is 5.36. The Labute approximate surface area is 89.3 Å². The number of nitrogens with zero attached hydrogens (tertiary/aromatic N) is 2. The summed E-state index contributed by atoms with van der Waals surface area (Å²) in [6.07, 6.45) is 1.27. The molecular formula is C12H26N2. The smallest absolute Gasteiger partial charge is 0.0280 e. The first-order chi connectivity index (χ1) is 6.47. The van der Waals surface area contributed by atoms with E-state index in [1.165, 1.54) is 32.6 Å². The SMILES string of the molecule is CCCN1CCN(C(C)C)CC1(C)C. The van der Waals surface area contributed by atoms with Gasteiger partial charge in [-0.3, -0.25) is 9.80 Å². The van der Waals surface area contributed by atoms with Crippen molar-refractivity contribution >= 4 is 0 Å². The molecule has 0 radical (unpaired) electrons. The fourth-order valence-electron chi connectivity index (χ4n) is 2.35. The van der Waals surface area contributed by atoms with Gasteiger partial charge in [-0.15, -0.1) is 0 Å². The molecule has 2 heteroatoms. The van der Waals surface area contributed by atoms with Crippen LogP contribution < -0.4 is 0 Å². The van der Waals surface area contributed by atoms with E-state index in [1.807, 2.05) is 0 Å². The molecule has 0 aromatic rings. The van der Waals surface area contributed by atoms with Crippen LogP contribution in [-0.4, -0.2) is 47.6 Å². The molecule has 0 saturated carbocycles. The number of piperazine rings is 1. The second-order valence-electron chi connectivity index (χ2n) is 5.36. The van der Waals surface area contributed by atoms with Crippen molar-refractivity contribution in [2.75, 3.05) is 26.2 Å². The maximum Gasteiger partial charge on any atom is 0.0280 e. The Morgan fingerprint density at radius 2 is 1.86 bits per heavy atom. The molecule has 1 aliphatic heterocycles. The molecule has 0 spiro atoms. The molecule has 1 heterocycles. The van der Waals surface area contributed by atoms with Crippen molar-refractivity contribution in [3.8, 4) is 0 Å². The highest BCUT2D eigenvalue weighted by Gasteiger charge is 2.33. The molecule has 0 N–H and O–H groups in total. The van der Waals surface area contributed by atoms with Crippen LogP contribution in [0.15, 0.2) is 0 Å². The van der Waals surface area contributed by atoms with E-state index in [0.29, 0.717) is 11.6 Å². The van der Waals surface area contributed by atoms with Gasteiger partial charge in [-0.25, -0.2) is 0 Å². The molecule has 0 aliphatic carbocycles. The lowest BCUT2D eigenvalue weighted by Gasteiger charge is -2.48. The molecule has 0 aromatic carbocycles. The highest BCUT2D eigenvalue weighted by Crippen LogP contribution is 2.22. The van der Waals surface area contributed by atoms with Gasteiger partial charge in [0, 0.05) is 31.2 Å². The molecule has 1 rings (SSSR count). The van der Waals surface area contributed by atoms with Gasteiger partial charge >= 0.3 is 0 Å². The van der Waals surface area contributed by atoms with E-state index in [2.05, 4.69) is 44.4 Å². The van der Waals surface area contributed by atoms with E-state index >= 15 is 0 Å². The van der Waals surface area contributed by atoms with E-state index in [9.17, 15) is 0 Å². The predicted octanol–water partition coefficient (Wildman–Crippen LogP) is 2.20. The quantitative estimate of drug-likeness (QED) is 0.686. The Hall–Kier alpha value is -0.0800. The van der Waals surface area contributed by atoms with E-state index in [4.69, 9.17) is 0 Å². The van der Waals surface area contributed by atoms with Gasteiger partial charge < -0.3 is 0 Å². The predicted molar refractivity (Wildman–Crippen MR) is 62.7 cm³/mol. The molecule has 0 bridgehead atoms. The van der Waals surface area contributed by atoms with Crippen molar-refractivity contribution in [2.45, 2.75) is 52.6 Å². The van der Waals surface area contributed by atoms with Gasteiger partial charge in [0.1, 0.15) is 0 Å². The summed E-state index contributed by atoms with van der Waals surface area (Å²) in [7, 11) is 0. The molecule has 0 aromatic heterocycles. The van der Waals surface area contributed by atoms with Gasteiger partial charge in [-0.2, -0.15) is 0 Å². The third kappa shape index (κ3) is 2.71. The second kappa shape index (κ2) is 4.63. The third-order valence-corrected chi connectivity index (χ3v) is 3.33. The van der Waals surface area contributed by atoms with Crippen molar-refractivity contribution in [1.82, 2.24) is 9.80 Å². The van der Waals surface area contributed by atoms with E-state index < -0.39 is 0 Å². The van der Waals surface area contributed by atoms with Crippen LogP contribution in [0.25, 0.3) is 0 Å². The van der Waals surface area contributed by atoms with Gasteiger partial charge in [0.15, 0.2) is 0 Å². The average molecular weight is 198 g/mol. The lowest BCUT2D eigenvalue weighted by molar-refractivity contribution is 0.00652. The zero-order valence-corrected chi connectivity index (χ0v) is 10.5. The van der Waals surface area contributed by atoms with Gasteiger partial charge in [-0.1, -0.05) is 6.92 Å². The van der Waals surface area contributed by atoms with Crippen LogP contribution in [0.4, 0.5) is 0 Å². The molecule has 0 amide bonds. The van der Waals surface area contributed by atoms with Gasteiger partial charge in [0.25, 0.3) is 0 Å². The lowest BCUT2D eigenvalue weighted by atomic mass is 9.97. The van der Waals surface area contributed by atoms with Crippen molar-refractivity contribution in [1.29, 1.82) is 0 Å². The third-order valence-electron chi connectivity index (χ3n) is 3.33. The summed E-state index contributed by atoms with van der Waals surface area (Å²) in [5.41, 5.74) is 0.360. The monoisotopic (exact) mass is 198 g/mol. The standard InChI is InChI=1S/C12H26N2/c1-6-7-14-9-8-13(11(2)3)10-12(14,4)5/h11H,6-10H2,1-5H3. The molecule has 84 valence electrons. The summed E-state index contributed by atoms with van der Waals surface area (Å²) >= 11 is 0. The Bertz CT molecular complexity index is 175. The number of hydrogen-bond donors (Lipinski definition) is 0. The maximum atomic E-state index is 2.63. The van der Waals surface area contributed by atoms with Gasteiger partial charge in [0.05, 0.1) is 0 Å². The molecule has 1 fully saturated rings. The van der Waals surface area contributed by atoms with Crippen LogP contribution in [0.2, 0.25) is 0 Å². The normalized spacial score (nSPS) is 24.4. The van der Waals surface area contributed by atoms with E-state index in [0.717, 1.165) is 0 Å². The Kier molecular flexibility index (Phi) is 3.96. The fourth-order valence-corrected chi connectivity index (χ4v) is 2.35. The largest absolute Gasteiger partial charge is 0.298 e. The van der Waals surface area contributed by atoms with Gasteiger partial charge in [-0.05, 0) is 40.7 Å². The zero-order valence-electron chi connectivity index (χ0n) is 10.5. The number of rotatable bonds is 3. The summed E-state index contributed by atoms with van der Waals surface area (Å²) < 4.78 is 0. The first-order valence-corrected chi connectivity index (χ1v) is 5.96. The van der Waals surface area contributed by atoms with Crippen LogP contribution >= 0.6 is 0 Å². The Balaban J connectivity index is 2.56. The van der Waals surface area contributed by atoms with E-state index in [1.54, 1.807) is 0 Å². The molecule has 1 saturated heterocycles. The van der Waals surface area contributed by atoms with Crippen LogP contribution in [0.5, 0.6) is 0 Å². The first kappa shape index (κ1) is 12.0. The summed E-state index contributed by atoms with van der Waals surface area (Å²) in [6.45, 7) is 16.5.